The lowest BCUT2D eigenvalue weighted by atomic mass is 10.1. The highest BCUT2D eigenvalue weighted by molar-refractivity contribution is 5.92. The molecule has 2 unspecified atom stereocenters. The Hall–Kier alpha value is -1.85. The van der Waals surface area contributed by atoms with Gasteiger partial charge in [-0.2, -0.15) is 0 Å². The first kappa shape index (κ1) is 18.0. The average Bonchev–Trinajstić information content (AvgIpc) is 3.08. The van der Waals surface area contributed by atoms with Crippen molar-refractivity contribution in [2.24, 2.45) is 0 Å². The molecule has 0 aromatic heterocycles. The third-order valence-corrected chi connectivity index (χ3v) is 4.96. The fourth-order valence-electron chi connectivity index (χ4n) is 3.65. The second kappa shape index (κ2) is 8.50. The molecule has 2 heterocycles. The molecular weight excluding hydrogens is 316 g/mol. The van der Waals surface area contributed by atoms with Crippen molar-refractivity contribution in [2.75, 3.05) is 37.7 Å². The Labute approximate surface area is 149 Å². The molecule has 1 N–H and O–H groups in total. The Morgan fingerprint density at radius 1 is 1.28 bits per heavy atom. The van der Waals surface area contributed by atoms with Crippen LogP contribution in [-0.4, -0.2) is 60.9 Å². The number of rotatable bonds is 5. The van der Waals surface area contributed by atoms with E-state index in [0.717, 1.165) is 51.3 Å². The van der Waals surface area contributed by atoms with Crippen molar-refractivity contribution in [3.05, 3.63) is 35.9 Å². The van der Waals surface area contributed by atoms with Crippen molar-refractivity contribution in [1.29, 1.82) is 0 Å². The van der Waals surface area contributed by atoms with Gasteiger partial charge in [0.15, 0.2) is 0 Å². The summed E-state index contributed by atoms with van der Waals surface area (Å²) < 4.78 is 5.38. The molecule has 0 saturated carbocycles. The van der Waals surface area contributed by atoms with Crippen molar-refractivity contribution in [2.45, 2.75) is 38.3 Å². The van der Waals surface area contributed by atoms with E-state index >= 15 is 0 Å². The summed E-state index contributed by atoms with van der Waals surface area (Å²) >= 11 is 0. The lowest BCUT2D eigenvalue weighted by Crippen LogP contribution is -2.36. The zero-order valence-electron chi connectivity index (χ0n) is 14.9. The summed E-state index contributed by atoms with van der Waals surface area (Å²) in [6.07, 6.45) is 5.83. The van der Waals surface area contributed by atoms with E-state index in [1.165, 1.54) is 5.69 Å². The lowest BCUT2D eigenvalue weighted by molar-refractivity contribution is -0.127. The molecule has 0 radical (unpaired) electrons. The van der Waals surface area contributed by atoms with Crippen LogP contribution in [0.5, 0.6) is 0 Å². The number of likely N-dealkylation sites (tertiary alicyclic amines) is 1. The highest BCUT2D eigenvalue weighted by atomic mass is 16.5. The summed E-state index contributed by atoms with van der Waals surface area (Å²) in [7, 11) is 0. The minimum Gasteiger partial charge on any atom is -0.393 e. The fraction of sp³-hybridized carbons (Fsp3) is 0.550. The van der Waals surface area contributed by atoms with E-state index < -0.39 is 0 Å². The van der Waals surface area contributed by atoms with Crippen LogP contribution in [0.15, 0.2) is 30.3 Å². The second-order valence-electron chi connectivity index (χ2n) is 6.94. The Kier molecular flexibility index (Phi) is 6.10. The molecule has 2 aliphatic rings. The molecule has 5 heteroatoms. The standard InChI is InChI=1S/C20H28N2O3/c1-16(23)15-19-3-2-10-22(19)20(24)9-6-17-4-7-18(8-5-17)21-11-13-25-14-12-21/h4-9,16,19,23H,2-3,10-15H2,1H3/b9-6+. The quantitative estimate of drug-likeness (QED) is 0.833. The van der Waals surface area contributed by atoms with E-state index in [4.69, 9.17) is 4.74 Å². The van der Waals surface area contributed by atoms with Gasteiger partial charge in [0.1, 0.15) is 0 Å². The number of aliphatic hydroxyl groups excluding tert-OH is 1. The highest BCUT2D eigenvalue weighted by Gasteiger charge is 2.28. The largest absolute Gasteiger partial charge is 0.393 e. The summed E-state index contributed by atoms with van der Waals surface area (Å²) in [5, 5.41) is 9.59. The molecule has 2 fully saturated rings. The molecule has 2 aliphatic heterocycles. The Morgan fingerprint density at radius 2 is 2.00 bits per heavy atom. The minimum absolute atomic E-state index is 0.0420. The van der Waals surface area contributed by atoms with Crippen LogP contribution < -0.4 is 4.90 Å². The van der Waals surface area contributed by atoms with Crippen molar-refractivity contribution in [1.82, 2.24) is 4.90 Å². The number of ether oxygens (including phenoxy) is 1. The zero-order valence-corrected chi connectivity index (χ0v) is 14.9. The van der Waals surface area contributed by atoms with Crippen LogP contribution in [0.2, 0.25) is 0 Å². The molecule has 3 rings (SSSR count). The molecule has 136 valence electrons. The van der Waals surface area contributed by atoms with Crippen LogP contribution in [-0.2, 0) is 9.53 Å². The number of anilines is 1. The van der Waals surface area contributed by atoms with Crippen LogP contribution in [0, 0.1) is 0 Å². The van der Waals surface area contributed by atoms with Gasteiger partial charge >= 0.3 is 0 Å². The normalized spacial score (nSPS) is 22.6. The third-order valence-electron chi connectivity index (χ3n) is 4.96. The lowest BCUT2D eigenvalue weighted by Gasteiger charge is -2.28. The molecule has 5 nitrogen and oxygen atoms in total. The van der Waals surface area contributed by atoms with Crippen molar-refractivity contribution < 1.29 is 14.6 Å². The summed E-state index contributed by atoms with van der Waals surface area (Å²) in [6, 6.07) is 8.46. The number of benzene rings is 1. The molecule has 25 heavy (non-hydrogen) atoms. The maximum absolute atomic E-state index is 12.5. The molecule has 0 aliphatic carbocycles. The first-order valence-corrected chi connectivity index (χ1v) is 9.23. The van der Waals surface area contributed by atoms with Crippen molar-refractivity contribution in [3.63, 3.8) is 0 Å². The van der Waals surface area contributed by atoms with E-state index in [1.54, 1.807) is 13.0 Å². The van der Waals surface area contributed by atoms with Gasteiger partial charge in [0.2, 0.25) is 5.91 Å². The summed E-state index contributed by atoms with van der Waals surface area (Å²) in [5.41, 5.74) is 2.22. The molecule has 2 saturated heterocycles. The first-order valence-electron chi connectivity index (χ1n) is 9.23. The zero-order chi connectivity index (χ0) is 17.6. The van der Waals surface area contributed by atoms with E-state index in [-0.39, 0.29) is 18.1 Å². The number of carbonyl (C=O) groups is 1. The number of carbonyl (C=O) groups excluding carboxylic acids is 1. The maximum atomic E-state index is 12.5. The Balaban J connectivity index is 1.58. The number of aliphatic hydroxyl groups is 1. The summed E-state index contributed by atoms with van der Waals surface area (Å²) in [6.45, 7) is 5.98. The topological polar surface area (TPSA) is 53.0 Å². The van der Waals surface area contributed by atoms with Gasteiger partial charge in [0.25, 0.3) is 0 Å². The SMILES string of the molecule is CC(O)CC1CCCN1C(=O)/C=C/c1ccc(N2CCOCC2)cc1. The molecule has 1 aromatic rings. The van der Waals surface area contributed by atoms with E-state index in [9.17, 15) is 9.90 Å². The number of nitrogens with zero attached hydrogens (tertiary/aromatic N) is 2. The van der Waals surface area contributed by atoms with Crippen LogP contribution in [0.4, 0.5) is 5.69 Å². The van der Waals surface area contributed by atoms with Gasteiger partial charge in [-0.15, -0.1) is 0 Å². The summed E-state index contributed by atoms with van der Waals surface area (Å²) in [5.74, 6) is 0.0420. The van der Waals surface area contributed by atoms with Crippen LogP contribution in [0.3, 0.4) is 0 Å². The highest BCUT2D eigenvalue weighted by Crippen LogP contribution is 2.22. The predicted octanol–water partition coefficient (Wildman–Crippen LogP) is 2.30. The molecule has 0 spiro atoms. The van der Waals surface area contributed by atoms with Gasteiger partial charge in [-0.1, -0.05) is 12.1 Å². The monoisotopic (exact) mass is 344 g/mol. The minimum atomic E-state index is -0.366. The van der Waals surface area contributed by atoms with Gasteiger partial charge in [0.05, 0.1) is 19.3 Å². The average molecular weight is 344 g/mol. The number of hydrogen-bond acceptors (Lipinski definition) is 4. The third kappa shape index (κ3) is 4.83. The Bertz CT molecular complexity index is 591. The smallest absolute Gasteiger partial charge is 0.246 e. The summed E-state index contributed by atoms with van der Waals surface area (Å²) in [4.78, 5) is 16.7. The van der Waals surface area contributed by atoms with Crippen molar-refractivity contribution in [3.8, 4) is 0 Å². The Morgan fingerprint density at radius 3 is 2.68 bits per heavy atom. The second-order valence-corrected chi connectivity index (χ2v) is 6.94. The van der Waals surface area contributed by atoms with Gasteiger partial charge in [-0.3, -0.25) is 4.79 Å². The van der Waals surface area contributed by atoms with Crippen LogP contribution in [0.1, 0.15) is 31.7 Å². The first-order chi connectivity index (χ1) is 12.1. The predicted molar refractivity (Wildman–Crippen MR) is 99.5 cm³/mol. The van der Waals surface area contributed by atoms with E-state index in [0.29, 0.717) is 6.42 Å². The fourth-order valence-corrected chi connectivity index (χ4v) is 3.65. The molecule has 0 bridgehead atoms. The molecule has 1 aromatic carbocycles. The number of hydrogen-bond donors (Lipinski definition) is 1. The van der Waals surface area contributed by atoms with Crippen molar-refractivity contribution >= 4 is 17.7 Å². The van der Waals surface area contributed by atoms with Crippen LogP contribution >= 0.6 is 0 Å². The number of morpholine rings is 1. The van der Waals surface area contributed by atoms with Gasteiger partial charge in [0, 0.05) is 37.4 Å². The van der Waals surface area contributed by atoms with Gasteiger partial charge < -0.3 is 19.6 Å². The van der Waals surface area contributed by atoms with Crippen LogP contribution in [0.25, 0.3) is 6.08 Å². The molecule has 1 amide bonds. The van der Waals surface area contributed by atoms with Gasteiger partial charge in [-0.25, -0.2) is 0 Å². The van der Waals surface area contributed by atoms with Gasteiger partial charge in [-0.05, 0) is 50.0 Å². The van der Waals surface area contributed by atoms with E-state index in [2.05, 4.69) is 17.0 Å². The number of amides is 1. The molecule has 2 atom stereocenters. The van der Waals surface area contributed by atoms with E-state index in [1.807, 2.05) is 23.1 Å². The maximum Gasteiger partial charge on any atom is 0.246 e. The molecular formula is C20H28N2O3.